The first-order valence-electron chi connectivity index (χ1n) is 6.11. The van der Waals surface area contributed by atoms with E-state index in [9.17, 15) is 4.39 Å². The summed E-state index contributed by atoms with van der Waals surface area (Å²) in [6, 6.07) is 9.03. The highest BCUT2D eigenvalue weighted by Crippen LogP contribution is 2.32. The molecule has 1 unspecified atom stereocenters. The maximum Gasteiger partial charge on any atom is 0.128 e. The normalized spacial score (nSPS) is 12.5. The number of aryl methyl sites for hydroxylation is 2. The van der Waals surface area contributed by atoms with Crippen LogP contribution in [0.3, 0.4) is 0 Å². The maximum absolute atomic E-state index is 14.4. The Labute approximate surface area is 140 Å². The second kappa shape index (κ2) is 6.51. The smallest absolute Gasteiger partial charge is 0.128 e. The number of halogens is 3. The summed E-state index contributed by atoms with van der Waals surface area (Å²) in [5.41, 5.74) is 6.08. The lowest BCUT2D eigenvalue weighted by Crippen LogP contribution is -2.30. The van der Waals surface area contributed by atoms with Crippen LogP contribution in [0.5, 0.6) is 0 Å². The molecule has 5 heteroatoms. The highest BCUT2D eigenvalue weighted by Gasteiger charge is 2.21. The molecule has 2 aromatic carbocycles. The Kier molecular flexibility index (Phi) is 5.17. The highest BCUT2D eigenvalue weighted by atomic mass is 127. The summed E-state index contributed by atoms with van der Waals surface area (Å²) >= 11 is 5.68. The SMILES string of the molecule is Cc1cc(C)c(C(NN)c2cc(Br)ccc2I)c(F)c1. The number of nitrogens with one attached hydrogen (secondary N) is 1. The van der Waals surface area contributed by atoms with Crippen LogP contribution in [0.4, 0.5) is 4.39 Å². The Bertz CT molecular complexity index is 623. The Morgan fingerprint density at radius 2 is 1.95 bits per heavy atom. The van der Waals surface area contributed by atoms with E-state index in [1.165, 1.54) is 6.07 Å². The van der Waals surface area contributed by atoms with E-state index in [4.69, 9.17) is 5.84 Å². The number of nitrogens with two attached hydrogens (primary N) is 1. The Morgan fingerprint density at radius 1 is 1.25 bits per heavy atom. The van der Waals surface area contributed by atoms with Crippen molar-refractivity contribution in [3.05, 3.63) is 66.4 Å². The average Bonchev–Trinajstić information content (AvgIpc) is 2.37. The molecule has 0 saturated heterocycles. The van der Waals surface area contributed by atoms with E-state index in [1.54, 1.807) is 0 Å². The van der Waals surface area contributed by atoms with Crippen LogP contribution in [-0.2, 0) is 0 Å². The summed E-state index contributed by atoms with van der Waals surface area (Å²) in [6.07, 6.45) is 0. The number of hydrogen-bond acceptors (Lipinski definition) is 2. The van der Waals surface area contributed by atoms with Gasteiger partial charge in [-0.2, -0.15) is 0 Å². The zero-order valence-corrected chi connectivity index (χ0v) is 14.9. The average molecular weight is 449 g/mol. The monoisotopic (exact) mass is 448 g/mol. The summed E-state index contributed by atoms with van der Waals surface area (Å²) < 4.78 is 16.3. The minimum absolute atomic E-state index is 0.235. The Hall–Kier alpha value is -0.500. The summed E-state index contributed by atoms with van der Waals surface area (Å²) in [4.78, 5) is 0. The van der Waals surface area contributed by atoms with Crippen LogP contribution in [0.1, 0.15) is 28.3 Å². The third-order valence-corrected chi connectivity index (χ3v) is 4.68. The second-order valence-electron chi connectivity index (χ2n) is 4.74. The molecule has 106 valence electrons. The molecule has 0 aliphatic rings. The molecule has 2 aromatic rings. The van der Waals surface area contributed by atoms with Gasteiger partial charge in [-0.05, 0) is 77.4 Å². The lowest BCUT2D eigenvalue weighted by atomic mass is 9.93. The lowest BCUT2D eigenvalue weighted by molar-refractivity contribution is 0.555. The maximum atomic E-state index is 14.4. The van der Waals surface area contributed by atoms with Gasteiger partial charge in [0.15, 0.2) is 0 Å². The van der Waals surface area contributed by atoms with E-state index in [0.717, 1.165) is 24.7 Å². The third kappa shape index (κ3) is 3.21. The first kappa shape index (κ1) is 15.9. The standard InChI is InChI=1S/C15H15BrFIN2/c1-8-5-9(2)14(12(17)6-8)15(20-19)11-7-10(16)3-4-13(11)18/h3-7,15,20H,19H2,1-2H3. The molecular weight excluding hydrogens is 434 g/mol. The van der Waals surface area contributed by atoms with Crippen molar-refractivity contribution in [3.8, 4) is 0 Å². The van der Waals surface area contributed by atoms with Gasteiger partial charge in [-0.15, -0.1) is 0 Å². The molecule has 0 amide bonds. The quantitative estimate of drug-likeness (QED) is 0.416. The van der Waals surface area contributed by atoms with E-state index >= 15 is 0 Å². The van der Waals surface area contributed by atoms with Gasteiger partial charge < -0.3 is 0 Å². The highest BCUT2D eigenvalue weighted by molar-refractivity contribution is 14.1. The van der Waals surface area contributed by atoms with Crippen molar-refractivity contribution in [2.24, 2.45) is 5.84 Å². The molecule has 0 aliphatic heterocycles. The van der Waals surface area contributed by atoms with Crippen molar-refractivity contribution in [2.75, 3.05) is 0 Å². The van der Waals surface area contributed by atoms with Gasteiger partial charge in [-0.1, -0.05) is 22.0 Å². The number of rotatable bonds is 3. The predicted molar refractivity (Wildman–Crippen MR) is 91.9 cm³/mol. The number of benzene rings is 2. The van der Waals surface area contributed by atoms with E-state index < -0.39 is 0 Å². The molecule has 0 radical (unpaired) electrons. The molecule has 3 N–H and O–H groups in total. The van der Waals surface area contributed by atoms with Crippen LogP contribution >= 0.6 is 38.5 Å². The van der Waals surface area contributed by atoms with E-state index in [2.05, 4.69) is 43.9 Å². The predicted octanol–water partition coefficient (Wildman–Crippen LogP) is 4.36. The number of hydrazine groups is 1. The van der Waals surface area contributed by atoms with Gasteiger partial charge in [0.2, 0.25) is 0 Å². The summed E-state index contributed by atoms with van der Waals surface area (Å²) in [6.45, 7) is 3.79. The molecular formula is C15H15BrFIN2. The molecule has 0 bridgehead atoms. The minimum atomic E-state index is -0.375. The molecule has 2 rings (SSSR count). The fraction of sp³-hybridized carbons (Fsp3) is 0.200. The van der Waals surface area contributed by atoms with E-state index in [1.807, 2.05) is 38.1 Å². The van der Waals surface area contributed by atoms with Crippen molar-refractivity contribution >= 4 is 38.5 Å². The molecule has 0 heterocycles. The van der Waals surface area contributed by atoms with Gasteiger partial charge in [0, 0.05) is 13.6 Å². The number of hydrogen-bond donors (Lipinski definition) is 2. The Morgan fingerprint density at radius 3 is 2.55 bits per heavy atom. The van der Waals surface area contributed by atoms with E-state index in [-0.39, 0.29) is 11.9 Å². The van der Waals surface area contributed by atoms with Crippen LogP contribution in [-0.4, -0.2) is 0 Å². The minimum Gasteiger partial charge on any atom is -0.271 e. The van der Waals surface area contributed by atoms with Gasteiger partial charge in [-0.25, -0.2) is 9.82 Å². The Balaban J connectivity index is 2.61. The molecule has 0 fully saturated rings. The van der Waals surface area contributed by atoms with Gasteiger partial charge >= 0.3 is 0 Å². The molecule has 1 atom stereocenters. The fourth-order valence-electron chi connectivity index (χ4n) is 2.36. The summed E-state index contributed by atoms with van der Waals surface area (Å²) in [5.74, 6) is 5.46. The first-order valence-corrected chi connectivity index (χ1v) is 7.99. The van der Waals surface area contributed by atoms with Gasteiger partial charge in [0.25, 0.3) is 0 Å². The van der Waals surface area contributed by atoms with Crippen LogP contribution in [0.15, 0.2) is 34.8 Å². The molecule has 0 aromatic heterocycles. The van der Waals surface area contributed by atoms with Crippen LogP contribution in [0.2, 0.25) is 0 Å². The molecule has 0 aliphatic carbocycles. The first-order chi connectivity index (χ1) is 9.43. The van der Waals surface area contributed by atoms with Crippen LogP contribution in [0.25, 0.3) is 0 Å². The summed E-state index contributed by atoms with van der Waals surface area (Å²) in [5, 5.41) is 0. The van der Waals surface area contributed by atoms with Crippen LogP contribution < -0.4 is 11.3 Å². The zero-order chi connectivity index (χ0) is 14.9. The van der Waals surface area contributed by atoms with Crippen molar-refractivity contribution in [3.63, 3.8) is 0 Å². The van der Waals surface area contributed by atoms with E-state index in [0.29, 0.717) is 5.56 Å². The van der Waals surface area contributed by atoms with Gasteiger partial charge in [0.1, 0.15) is 5.82 Å². The van der Waals surface area contributed by atoms with Gasteiger partial charge in [-0.3, -0.25) is 5.84 Å². The van der Waals surface area contributed by atoms with Crippen molar-refractivity contribution in [1.82, 2.24) is 5.43 Å². The molecule has 0 spiro atoms. The topological polar surface area (TPSA) is 38.0 Å². The third-order valence-electron chi connectivity index (χ3n) is 3.21. The van der Waals surface area contributed by atoms with Gasteiger partial charge in [0.05, 0.1) is 6.04 Å². The molecule has 0 saturated carbocycles. The van der Waals surface area contributed by atoms with Crippen LogP contribution in [0, 0.1) is 23.2 Å². The largest absolute Gasteiger partial charge is 0.271 e. The summed E-state index contributed by atoms with van der Waals surface area (Å²) in [7, 11) is 0. The van der Waals surface area contributed by atoms with Crippen molar-refractivity contribution in [2.45, 2.75) is 19.9 Å². The fourth-order valence-corrected chi connectivity index (χ4v) is 3.38. The zero-order valence-electron chi connectivity index (χ0n) is 11.2. The molecule has 2 nitrogen and oxygen atoms in total. The second-order valence-corrected chi connectivity index (χ2v) is 6.82. The van der Waals surface area contributed by atoms with Crippen molar-refractivity contribution < 1.29 is 4.39 Å². The lowest BCUT2D eigenvalue weighted by Gasteiger charge is -2.21. The molecule has 20 heavy (non-hydrogen) atoms. The van der Waals surface area contributed by atoms with Crippen molar-refractivity contribution in [1.29, 1.82) is 0 Å².